The Morgan fingerprint density at radius 1 is 1.35 bits per heavy atom. The van der Waals surface area contributed by atoms with Gasteiger partial charge in [-0.3, -0.25) is 19.7 Å². The van der Waals surface area contributed by atoms with Crippen LogP contribution in [0.5, 0.6) is 0 Å². The van der Waals surface area contributed by atoms with Crippen molar-refractivity contribution in [3.63, 3.8) is 0 Å². The van der Waals surface area contributed by atoms with E-state index in [0.29, 0.717) is 17.0 Å². The van der Waals surface area contributed by atoms with Gasteiger partial charge in [-0.1, -0.05) is 0 Å². The number of amides is 2. The molecule has 0 spiro atoms. The van der Waals surface area contributed by atoms with E-state index >= 15 is 0 Å². The summed E-state index contributed by atoms with van der Waals surface area (Å²) in [5.41, 5.74) is 5.04. The van der Waals surface area contributed by atoms with Gasteiger partial charge in [0, 0.05) is 36.8 Å². The minimum absolute atomic E-state index is 0.0467. The topological polar surface area (TPSA) is 119 Å². The number of carbonyl (C=O) groups is 2. The highest BCUT2D eigenvalue weighted by atomic mass is 32.2. The molecule has 1 aromatic rings. The average molecular weight is 378 g/mol. The molecule has 2 heterocycles. The molecular formula is C17H22N4O4S. The van der Waals surface area contributed by atoms with Crippen molar-refractivity contribution in [1.29, 1.82) is 0 Å². The fourth-order valence-electron chi connectivity index (χ4n) is 3.72. The Bertz CT molecular complexity index is 729. The van der Waals surface area contributed by atoms with Crippen LogP contribution in [0.25, 0.3) is 0 Å². The van der Waals surface area contributed by atoms with Gasteiger partial charge in [-0.15, -0.1) is 11.8 Å². The van der Waals surface area contributed by atoms with Gasteiger partial charge >= 0.3 is 0 Å². The molecular weight excluding hydrogens is 356 g/mol. The molecule has 0 aromatic heterocycles. The van der Waals surface area contributed by atoms with E-state index in [4.69, 9.17) is 5.73 Å². The Kier molecular flexibility index (Phi) is 5.47. The number of nitro benzene ring substituents is 1. The SMILES string of the molecule is CN(C(=O)CSc1ccc(C(N)=O)cc1[N+](=O)[O-])C1CC2CCC(C1)N2. The lowest BCUT2D eigenvalue weighted by molar-refractivity contribution is -0.387. The minimum atomic E-state index is -0.721. The van der Waals surface area contributed by atoms with Crippen LogP contribution in [0.15, 0.2) is 23.1 Å². The molecule has 2 atom stereocenters. The van der Waals surface area contributed by atoms with Gasteiger partial charge in [0.1, 0.15) is 0 Å². The Morgan fingerprint density at radius 2 is 2.00 bits per heavy atom. The van der Waals surface area contributed by atoms with Crippen molar-refractivity contribution in [3.05, 3.63) is 33.9 Å². The van der Waals surface area contributed by atoms with E-state index < -0.39 is 10.8 Å². The molecule has 140 valence electrons. The van der Waals surface area contributed by atoms with Crippen molar-refractivity contribution < 1.29 is 14.5 Å². The molecule has 26 heavy (non-hydrogen) atoms. The van der Waals surface area contributed by atoms with Crippen LogP contribution < -0.4 is 11.1 Å². The Labute approximate surface area is 155 Å². The maximum Gasteiger partial charge on any atom is 0.283 e. The maximum atomic E-state index is 12.5. The molecule has 0 radical (unpaired) electrons. The molecule has 2 amide bonds. The van der Waals surface area contributed by atoms with Crippen molar-refractivity contribution in [2.24, 2.45) is 5.73 Å². The molecule has 2 aliphatic rings. The lowest BCUT2D eigenvalue weighted by atomic mass is 9.98. The van der Waals surface area contributed by atoms with E-state index in [-0.39, 0.29) is 29.0 Å². The highest BCUT2D eigenvalue weighted by Crippen LogP contribution is 2.32. The lowest BCUT2D eigenvalue weighted by Gasteiger charge is -2.35. The molecule has 2 unspecified atom stereocenters. The maximum absolute atomic E-state index is 12.5. The Balaban J connectivity index is 1.63. The van der Waals surface area contributed by atoms with Gasteiger partial charge < -0.3 is 16.0 Å². The number of nitrogens with two attached hydrogens (primary N) is 1. The van der Waals surface area contributed by atoms with E-state index in [1.165, 1.54) is 12.1 Å². The van der Waals surface area contributed by atoms with Crippen LogP contribution in [0.2, 0.25) is 0 Å². The third-order valence-corrected chi connectivity index (χ3v) is 6.23. The minimum Gasteiger partial charge on any atom is -0.366 e. The lowest BCUT2D eigenvalue weighted by Crippen LogP contribution is -2.49. The van der Waals surface area contributed by atoms with Crippen molar-refractivity contribution in [2.45, 2.75) is 48.7 Å². The van der Waals surface area contributed by atoms with Crippen LogP contribution in [0, 0.1) is 10.1 Å². The first-order valence-electron chi connectivity index (χ1n) is 8.58. The Morgan fingerprint density at radius 3 is 2.58 bits per heavy atom. The smallest absolute Gasteiger partial charge is 0.283 e. The quantitative estimate of drug-likeness (QED) is 0.440. The summed E-state index contributed by atoms with van der Waals surface area (Å²) in [6, 6.07) is 5.27. The summed E-state index contributed by atoms with van der Waals surface area (Å²) in [4.78, 5) is 36.6. The van der Waals surface area contributed by atoms with Crippen molar-refractivity contribution in [2.75, 3.05) is 12.8 Å². The van der Waals surface area contributed by atoms with Crippen LogP contribution in [-0.2, 0) is 4.79 Å². The number of nitro groups is 1. The third kappa shape index (κ3) is 3.99. The third-order valence-electron chi connectivity index (χ3n) is 5.18. The zero-order chi connectivity index (χ0) is 18.8. The van der Waals surface area contributed by atoms with Crippen LogP contribution >= 0.6 is 11.8 Å². The second kappa shape index (κ2) is 7.63. The molecule has 1 aromatic carbocycles. The summed E-state index contributed by atoms with van der Waals surface area (Å²) in [6.45, 7) is 0. The number of nitrogens with zero attached hydrogens (tertiary/aromatic N) is 2. The van der Waals surface area contributed by atoms with E-state index in [1.807, 2.05) is 7.05 Å². The first-order valence-corrected chi connectivity index (χ1v) is 9.56. The number of fused-ring (bicyclic) bond motifs is 2. The summed E-state index contributed by atoms with van der Waals surface area (Å²) in [5, 5.41) is 14.8. The van der Waals surface area contributed by atoms with Crippen LogP contribution in [0.1, 0.15) is 36.0 Å². The molecule has 9 heteroatoms. The number of hydrogen-bond acceptors (Lipinski definition) is 6. The predicted octanol–water partition coefficient (Wildman–Crippen LogP) is 1.53. The number of hydrogen-bond donors (Lipinski definition) is 2. The first-order chi connectivity index (χ1) is 12.3. The standard InChI is InChI=1S/C17H22N4O4S/c1-20(13-7-11-3-4-12(8-13)19-11)16(22)9-26-15-5-2-10(17(18)23)6-14(15)21(24)25/h2,5-6,11-13,19H,3-4,7-9H2,1H3,(H2,18,23). The molecule has 2 fully saturated rings. The molecule has 0 saturated carbocycles. The molecule has 8 nitrogen and oxygen atoms in total. The number of rotatable bonds is 6. The molecule has 2 saturated heterocycles. The highest BCUT2D eigenvalue weighted by molar-refractivity contribution is 8.00. The first kappa shape index (κ1) is 18.7. The summed E-state index contributed by atoms with van der Waals surface area (Å²) < 4.78 is 0. The molecule has 2 aliphatic heterocycles. The van der Waals surface area contributed by atoms with E-state index in [0.717, 1.165) is 43.5 Å². The fourth-order valence-corrected chi connectivity index (χ4v) is 4.65. The average Bonchev–Trinajstić information content (AvgIpc) is 2.96. The van der Waals surface area contributed by atoms with E-state index in [2.05, 4.69) is 5.32 Å². The van der Waals surface area contributed by atoms with Gasteiger partial charge in [0.15, 0.2) is 0 Å². The number of benzene rings is 1. The second-order valence-corrected chi connectivity index (χ2v) is 7.88. The van der Waals surface area contributed by atoms with Crippen molar-refractivity contribution in [1.82, 2.24) is 10.2 Å². The summed E-state index contributed by atoms with van der Waals surface area (Å²) >= 11 is 1.11. The van der Waals surface area contributed by atoms with Crippen molar-refractivity contribution in [3.8, 4) is 0 Å². The van der Waals surface area contributed by atoms with Gasteiger partial charge in [0.2, 0.25) is 11.8 Å². The van der Waals surface area contributed by atoms with Gasteiger partial charge in [0.25, 0.3) is 5.69 Å². The highest BCUT2D eigenvalue weighted by Gasteiger charge is 2.36. The van der Waals surface area contributed by atoms with Gasteiger partial charge in [-0.2, -0.15) is 0 Å². The second-order valence-electron chi connectivity index (χ2n) is 6.86. The fraction of sp³-hybridized carbons (Fsp3) is 0.529. The van der Waals surface area contributed by atoms with Gasteiger partial charge in [-0.05, 0) is 37.8 Å². The number of thioether (sulfide) groups is 1. The largest absolute Gasteiger partial charge is 0.366 e. The number of carbonyl (C=O) groups excluding carboxylic acids is 2. The summed E-state index contributed by atoms with van der Waals surface area (Å²) in [7, 11) is 1.81. The molecule has 3 N–H and O–H groups in total. The van der Waals surface area contributed by atoms with E-state index in [1.54, 1.807) is 4.90 Å². The number of primary amides is 1. The predicted molar refractivity (Wildman–Crippen MR) is 98.1 cm³/mol. The Hall–Kier alpha value is -2.13. The molecule has 3 rings (SSSR count). The normalized spacial score (nSPS) is 24.3. The van der Waals surface area contributed by atoms with E-state index in [9.17, 15) is 19.7 Å². The summed E-state index contributed by atoms with van der Waals surface area (Å²) in [6.07, 6.45) is 4.24. The van der Waals surface area contributed by atoms with Crippen LogP contribution in [0.4, 0.5) is 5.69 Å². The molecule has 2 bridgehead atoms. The summed E-state index contributed by atoms with van der Waals surface area (Å²) in [5.74, 6) is -0.650. The number of piperidine rings is 1. The zero-order valence-electron chi connectivity index (χ0n) is 14.5. The monoisotopic (exact) mass is 378 g/mol. The van der Waals surface area contributed by atoms with Gasteiger partial charge in [0.05, 0.1) is 15.6 Å². The van der Waals surface area contributed by atoms with Crippen molar-refractivity contribution >= 4 is 29.3 Å². The number of nitrogens with one attached hydrogen (secondary N) is 1. The molecule has 0 aliphatic carbocycles. The van der Waals surface area contributed by atoms with Crippen LogP contribution in [-0.4, -0.2) is 52.6 Å². The van der Waals surface area contributed by atoms with Crippen LogP contribution in [0.3, 0.4) is 0 Å². The van der Waals surface area contributed by atoms with Gasteiger partial charge in [-0.25, -0.2) is 0 Å². The zero-order valence-corrected chi connectivity index (χ0v) is 15.3.